The number of nitrogens with zero attached hydrogens (tertiary/aromatic N) is 1. The summed E-state index contributed by atoms with van der Waals surface area (Å²) in [6.07, 6.45) is 1.23. The van der Waals surface area contributed by atoms with E-state index >= 15 is 0 Å². The van der Waals surface area contributed by atoms with Crippen LogP contribution in [0, 0.1) is 17.7 Å². The lowest BCUT2D eigenvalue weighted by Crippen LogP contribution is -2.47. The zero-order valence-electron chi connectivity index (χ0n) is 12.6. The normalized spacial score (nSPS) is 22.7. The first-order valence-corrected chi connectivity index (χ1v) is 7.37. The molecule has 2 atom stereocenters. The minimum atomic E-state index is -0.302. The van der Waals surface area contributed by atoms with Crippen molar-refractivity contribution in [3.8, 4) is 11.8 Å². The van der Waals surface area contributed by atoms with Gasteiger partial charge in [-0.15, -0.1) is 0 Å². The van der Waals surface area contributed by atoms with Crippen molar-refractivity contribution in [3.05, 3.63) is 35.1 Å². The first-order valence-electron chi connectivity index (χ1n) is 7.37. The molecule has 1 aromatic rings. The molecule has 1 fully saturated rings. The van der Waals surface area contributed by atoms with Crippen LogP contribution in [0.5, 0.6) is 0 Å². The van der Waals surface area contributed by atoms with Gasteiger partial charge in [-0.25, -0.2) is 4.39 Å². The fraction of sp³-hybridized carbons (Fsp3) is 0.529. The number of aliphatic hydroxyl groups excluding tert-OH is 1. The Labute approximate surface area is 125 Å². The van der Waals surface area contributed by atoms with E-state index in [0.29, 0.717) is 11.6 Å². The Morgan fingerprint density at radius 1 is 1.48 bits per heavy atom. The highest BCUT2D eigenvalue weighted by Crippen LogP contribution is 2.20. The summed E-state index contributed by atoms with van der Waals surface area (Å²) in [6, 6.07) is 5.06. The van der Waals surface area contributed by atoms with Gasteiger partial charge in [-0.2, -0.15) is 0 Å². The zero-order valence-corrected chi connectivity index (χ0v) is 12.6. The third-order valence-corrected chi connectivity index (χ3v) is 3.80. The second-order valence-corrected chi connectivity index (χ2v) is 5.40. The summed E-state index contributed by atoms with van der Waals surface area (Å²) in [5.41, 5.74) is 1.64. The molecule has 3 nitrogen and oxygen atoms in total. The van der Waals surface area contributed by atoms with Gasteiger partial charge in [-0.3, -0.25) is 4.90 Å². The molecule has 1 aliphatic rings. The maximum Gasteiger partial charge on any atom is 0.124 e. The summed E-state index contributed by atoms with van der Waals surface area (Å²) in [5.74, 6) is 5.14. The van der Waals surface area contributed by atoms with E-state index in [0.717, 1.165) is 31.7 Å². The number of hydrogen-bond acceptors (Lipinski definition) is 3. The molecule has 0 aliphatic carbocycles. The van der Waals surface area contributed by atoms with E-state index < -0.39 is 0 Å². The molecule has 0 bridgehead atoms. The quantitative estimate of drug-likeness (QED) is 0.866. The molecule has 4 heteroatoms. The Morgan fingerprint density at radius 3 is 3.00 bits per heavy atom. The van der Waals surface area contributed by atoms with E-state index in [-0.39, 0.29) is 18.5 Å². The molecular weight excluding hydrogens is 269 g/mol. The first kappa shape index (κ1) is 16.0. The third-order valence-electron chi connectivity index (χ3n) is 3.80. The van der Waals surface area contributed by atoms with Gasteiger partial charge in [-0.05, 0) is 31.0 Å². The molecule has 2 rings (SSSR count). The van der Waals surface area contributed by atoms with E-state index in [1.807, 2.05) is 0 Å². The lowest BCUT2D eigenvalue weighted by Gasteiger charge is -2.38. The van der Waals surface area contributed by atoms with Gasteiger partial charge in [-0.1, -0.05) is 24.8 Å². The van der Waals surface area contributed by atoms with Gasteiger partial charge < -0.3 is 9.84 Å². The van der Waals surface area contributed by atoms with E-state index in [9.17, 15) is 4.39 Å². The number of halogens is 1. The molecule has 1 aliphatic heterocycles. The Hall–Kier alpha value is -1.41. The number of hydrogen-bond donors (Lipinski definition) is 1. The number of ether oxygens (including phenoxy) is 1. The molecule has 1 heterocycles. The van der Waals surface area contributed by atoms with Crippen molar-refractivity contribution < 1.29 is 14.2 Å². The van der Waals surface area contributed by atoms with E-state index in [4.69, 9.17) is 9.84 Å². The van der Waals surface area contributed by atoms with E-state index in [1.165, 1.54) is 12.1 Å². The summed E-state index contributed by atoms with van der Waals surface area (Å²) in [7, 11) is 0. The minimum absolute atomic E-state index is 0.209. The van der Waals surface area contributed by atoms with Crippen molar-refractivity contribution in [2.75, 3.05) is 19.8 Å². The van der Waals surface area contributed by atoms with Crippen molar-refractivity contribution in [1.82, 2.24) is 4.90 Å². The second-order valence-electron chi connectivity index (χ2n) is 5.40. The SMILES string of the molecule is CCC1COC(C)CN1Cc1ccc(F)cc1C#CCO. The van der Waals surface area contributed by atoms with Crippen molar-refractivity contribution >= 4 is 0 Å². The summed E-state index contributed by atoms with van der Waals surface area (Å²) < 4.78 is 19.1. The van der Waals surface area contributed by atoms with Gasteiger partial charge in [0.05, 0.1) is 12.7 Å². The van der Waals surface area contributed by atoms with Gasteiger partial charge in [0, 0.05) is 24.7 Å². The van der Waals surface area contributed by atoms with Crippen molar-refractivity contribution in [2.24, 2.45) is 0 Å². The molecule has 0 saturated carbocycles. The average molecular weight is 291 g/mol. The molecule has 0 aromatic heterocycles. The minimum Gasteiger partial charge on any atom is -0.384 e. The lowest BCUT2D eigenvalue weighted by molar-refractivity contribution is -0.0592. The van der Waals surface area contributed by atoms with Gasteiger partial charge in [0.15, 0.2) is 0 Å². The van der Waals surface area contributed by atoms with Crippen LogP contribution in [0.1, 0.15) is 31.4 Å². The monoisotopic (exact) mass is 291 g/mol. The summed E-state index contributed by atoms with van der Waals surface area (Å²) in [4.78, 5) is 2.37. The van der Waals surface area contributed by atoms with Crippen LogP contribution in [-0.2, 0) is 11.3 Å². The Morgan fingerprint density at radius 2 is 2.29 bits per heavy atom. The Balaban J connectivity index is 2.21. The van der Waals surface area contributed by atoms with Crippen LogP contribution in [0.15, 0.2) is 18.2 Å². The predicted molar refractivity (Wildman–Crippen MR) is 80.3 cm³/mol. The molecule has 0 amide bonds. The lowest BCUT2D eigenvalue weighted by atomic mass is 10.0. The fourth-order valence-electron chi connectivity index (χ4n) is 2.64. The highest BCUT2D eigenvalue weighted by molar-refractivity contribution is 5.41. The largest absolute Gasteiger partial charge is 0.384 e. The van der Waals surface area contributed by atoms with Crippen LogP contribution in [0.25, 0.3) is 0 Å². The number of rotatable bonds is 3. The molecule has 1 N–H and O–H groups in total. The molecule has 114 valence electrons. The molecule has 0 spiro atoms. The van der Waals surface area contributed by atoms with Crippen LogP contribution >= 0.6 is 0 Å². The smallest absolute Gasteiger partial charge is 0.124 e. The summed E-state index contributed by atoms with van der Waals surface area (Å²) in [6.45, 7) is 6.31. The van der Waals surface area contributed by atoms with E-state index in [1.54, 1.807) is 6.07 Å². The van der Waals surface area contributed by atoms with Gasteiger partial charge >= 0.3 is 0 Å². The standard InChI is InChI=1S/C17H22FNO2/c1-3-17-12-21-13(2)10-19(17)11-15-6-7-16(18)9-14(15)5-4-8-20/h6-7,9,13,17,20H,3,8,10-12H2,1-2H3. The van der Waals surface area contributed by atoms with Crippen LogP contribution in [0.3, 0.4) is 0 Å². The van der Waals surface area contributed by atoms with Gasteiger partial charge in [0.1, 0.15) is 12.4 Å². The highest BCUT2D eigenvalue weighted by Gasteiger charge is 2.25. The molecule has 2 unspecified atom stereocenters. The van der Waals surface area contributed by atoms with E-state index in [2.05, 4.69) is 30.6 Å². The van der Waals surface area contributed by atoms with Crippen molar-refractivity contribution in [2.45, 2.75) is 39.0 Å². The van der Waals surface area contributed by atoms with Crippen LogP contribution in [-0.4, -0.2) is 41.9 Å². The van der Waals surface area contributed by atoms with Crippen LogP contribution < -0.4 is 0 Å². The molecule has 21 heavy (non-hydrogen) atoms. The Kier molecular flexibility index (Phi) is 5.75. The fourth-order valence-corrected chi connectivity index (χ4v) is 2.64. The molecular formula is C17H22FNO2. The molecule has 1 aromatic carbocycles. The predicted octanol–water partition coefficient (Wildman–Crippen LogP) is 2.17. The second kappa shape index (κ2) is 7.56. The molecule has 1 saturated heterocycles. The maximum atomic E-state index is 13.4. The molecule has 0 radical (unpaired) electrons. The van der Waals surface area contributed by atoms with Crippen LogP contribution in [0.2, 0.25) is 0 Å². The average Bonchev–Trinajstić information content (AvgIpc) is 2.47. The van der Waals surface area contributed by atoms with Crippen LogP contribution in [0.4, 0.5) is 4.39 Å². The number of aliphatic hydroxyl groups is 1. The van der Waals surface area contributed by atoms with Gasteiger partial charge in [0.25, 0.3) is 0 Å². The van der Waals surface area contributed by atoms with Crippen molar-refractivity contribution in [1.29, 1.82) is 0 Å². The van der Waals surface area contributed by atoms with Crippen molar-refractivity contribution in [3.63, 3.8) is 0 Å². The highest BCUT2D eigenvalue weighted by atomic mass is 19.1. The third kappa shape index (κ3) is 4.28. The zero-order chi connectivity index (χ0) is 15.2. The van der Waals surface area contributed by atoms with Gasteiger partial charge in [0.2, 0.25) is 0 Å². The number of morpholine rings is 1. The topological polar surface area (TPSA) is 32.7 Å². The maximum absolute atomic E-state index is 13.4. The Bertz CT molecular complexity index is 535. The summed E-state index contributed by atoms with van der Waals surface area (Å²) in [5, 5.41) is 8.83. The summed E-state index contributed by atoms with van der Waals surface area (Å²) >= 11 is 0. The number of benzene rings is 1. The first-order chi connectivity index (χ1) is 10.1.